The van der Waals surface area contributed by atoms with Crippen LogP contribution in [0.2, 0.25) is 0 Å². The number of methoxy groups -OCH3 is 1. The molecule has 4 rings (SSSR count). The van der Waals surface area contributed by atoms with Crippen LogP contribution >= 0.6 is 11.8 Å². The van der Waals surface area contributed by atoms with E-state index in [1.165, 1.54) is 25.9 Å². The van der Waals surface area contributed by atoms with Crippen molar-refractivity contribution in [2.75, 3.05) is 62.5 Å². The summed E-state index contributed by atoms with van der Waals surface area (Å²) in [6.07, 6.45) is 3.13. The maximum absolute atomic E-state index is 13.7. The molecule has 3 heterocycles. The Kier molecular flexibility index (Phi) is 8.75. The first-order chi connectivity index (χ1) is 16.8. The number of rotatable bonds is 11. The molecule has 2 aliphatic rings. The fraction of sp³-hybridized carbons (Fsp3) is 0.680. The Labute approximate surface area is 210 Å². The maximum Gasteiger partial charge on any atom is 0.251 e. The van der Waals surface area contributed by atoms with Crippen molar-refractivity contribution in [3.63, 3.8) is 0 Å². The number of fused-ring (bicyclic) bond motifs is 1. The van der Waals surface area contributed by atoms with Crippen LogP contribution in [0.4, 0.5) is 20.5 Å². The number of nitrogens with one attached hydrogen (secondary N) is 1. The highest BCUT2D eigenvalue weighted by molar-refractivity contribution is 7.99. The second-order valence-corrected chi connectivity index (χ2v) is 11.1. The largest absolute Gasteiger partial charge is 0.493 e. The monoisotopic (exact) mass is 509 g/mol. The Bertz CT molecular complexity index is 978. The molecule has 0 spiro atoms. The molecule has 0 aliphatic carbocycles. The lowest BCUT2D eigenvalue weighted by molar-refractivity contribution is -0.0222. The minimum Gasteiger partial charge on any atom is -0.493 e. The molecule has 0 radical (unpaired) electrons. The summed E-state index contributed by atoms with van der Waals surface area (Å²) in [6.45, 7) is 8.71. The second-order valence-electron chi connectivity index (χ2n) is 9.52. The van der Waals surface area contributed by atoms with Crippen LogP contribution < -0.4 is 19.7 Å². The van der Waals surface area contributed by atoms with Gasteiger partial charge >= 0.3 is 0 Å². The standard InChI is InChI=1S/C25H37F2N5O2S/c1-18(2)35-17-28-23-19-15-21(33-3)22(34-14-6-11-31-9-4-5-10-31)16-20(19)29-24(30-23)32-12-7-25(26,27)8-13-32/h15-16,18H,4-14,17H2,1-3H3,(H,28,29,30). The van der Waals surface area contributed by atoms with E-state index >= 15 is 0 Å². The molecule has 2 aliphatic heterocycles. The number of piperidine rings is 1. The molecule has 0 saturated carbocycles. The molecule has 0 amide bonds. The summed E-state index contributed by atoms with van der Waals surface area (Å²) in [6, 6.07) is 3.79. The summed E-state index contributed by atoms with van der Waals surface area (Å²) in [7, 11) is 1.63. The third kappa shape index (κ3) is 7.00. The van der Waals surface area contributed by atoms with Crippen molar-refractivity contribution in [1.82, 2.24) is 14.9 Å². The molecule has 10 heteroatoms. The van der Waals surface area contributed by atoms with Crippen LogP contribution in [0.15, 0.2) is 12.1 Å². The van der Waals surface area contributed by atoms with Crippen LogP contribution in [-0.2, 0) is 0 Å². The van der Waals surface area contributed by atoms with Crippen LogP contribution in [-0.4, -0.2) is 78.4 Å². The second kappa shape index (κ2) is 11.8. The summed E-state index contributed by atoms with van der Waals surface area (Å²) in [4.78, 5) is 13.8. The van der Waals surface area contributed by atoms with Gasteiger partial charge in [0.25, 0.3) is 5.92 Å². The summed E-state index contributed by atoms with van der Waals surface area (Å²) < 4.78 is 39.2. The smallest absolute Gasteiger partial charge is 0.251 e. The van der Waals surface area contributed by atoms with Crippen LogP contribution in [0.3, 0.4) is 0 Å². The number of anilines is 2. The predicted octanol–water partition coefficient (Wildman–Crippen LogP) is 5.25. The number of hydrogen-bond acceptors (Lipinski definition) is 8. The van der Waals surface area contributed by atoms with Gasteiger partial charge in [0, 0.05) is 49.2 Å². The Morgan fingerprint density at radius 2 is 1.83 bits per heavy atom. The van der Waals surface area contributed by atoms with Crippen molar-refractivity contribution >= 4 is 34.4 Å². The van der Waals surface area contributed by atoms with Gasteiger partial charge in [0.15, 0.2) is 11.5 Å². The predicted molar refractivity (Wildman–Crippen MR) is 139 cm³/mol. The van der Waals surface area contributed by atoms with Gasteiger partial charge < -0.3 is 24.6 Å². The Morgan fingerprint density at radius 1 is 1.09 bits per heavy atom. The molecule has 1 aromatic heterocycles. The first-order valence-electron chi connectivity index (χ1n) is 12.6. The maximum atomic E-state index is 13.7. The lowest BCUT2D eigenvalue weighted by atomic mass is 10.1. The van der Waals surface area contributed by atoms with E-state index in [1.54, 1.807) is 18.9 Å². The third-order valence-corrected chi connectivity index (χ3v) is 7.46. The van der Waals surface area contributed by atoms with Gasteiger partial charge in [-0.3, -0.25) is 0 Å². The van der Waals surface area contributed by atoms with Gasteiger partial charge in [-0.05, 0) is 38.4 Å². The lowest BCUT2D eigenvalue weighted by Crippen LogP contribution is -2.40. The number of hydrogen-bond donors (Lipinski definition) is 1. The number of nitrogens with zero attached hydrogens (tertiary/aromatic N) is 4. The fourth-order valence-corrected chi connectivity index (χ4v) is 5.01. The zero-order valence-corrected chi connectivity index (χ0v) is 21.8. The fourth-order valence-electron chi connectivity index (χ4n) is 4.46. The number of benzene rings is 1. The summed E-state index contributed by atoms with van der Waals surface area (Å²) >= 11 is 1.77. The van der Waals surface area contributed by atoms with E-state index in [0.717, 1.165) is 18.4 Å². The molecule has 194 valence electrons. The van der Waals surface area contributed by atoms with Gasteiger partial charge in [0.05, 0.1) is 25.1 Å². The van der Waals surface area contributed by atoms with Crippen LogP contribution in [0.5, 0.6) is 11.5 Å². The summed E-state index contributed by atoms with van der Waals surface area (Å²) in [5, 5.41) is 4.69. The number of alkyl halides is 2. The molecule has 0 bridgehead atoms. The van der Waals surface area contributed by atoms with Gasteiger partial charge in [-0.1, -0.05) is 13.8 Å². The first-order valence-corrected chi connectivity index (χ1v) is 13.6. The minimum atomic E-state index is -2.62. The first kappa shape index (κ1) is 26.0. The zero-order valence-electron chi connectivity index (χ0n) is 21.0. The van der Waals surface area contributed by atoms with Gasteiger partial charge in [-0.15, -0.1) is 11.8 Å². The number of thioether (sulfide) groups is 1. The number of aromatic nitrogens is 2. The molecule has 1 N–H and O–H groups in total. The molecule has 1 aromatic carbocycles. The van der Waals surface area contributed by atoms with Crippen molar-refractivity contribution in [1.29, 1.82) is 0 Å². The van der Waals surface area contributed by atoms with Gasteiger partial charge in [0.1, 0.15) is 5.82 Å². The summed E-state index contributed by atoms with van der Waals surface area (Å²) in [5.74, 6) is 0.472. The lowest BCUT2D eigenvalue weighted by Gasteiger charge is -2.32. The van der Waals surface area contributed by atoms with Crippen LogP contribution in [0.1, 0.15) is 46.0 Å². The van der Waals surface area contributed by atoms with Crippen molar-refractivity contribution in [3.05, 3.63) is 12.1 Å². The zero-order chi connectivity index (χ0) is 24.8. The highest BCUT2D eigenvalue weighted by Gasteiger charge is 2.35. The van der Waals surface area contributed by atoms with Crippen molar-refractivity contribution in [3.8, 4) is 11.5 Å². The molecule has 2 aromatic rings. The van der Waals surface area contributed by atoms with Gasteiger partial charge in [0.2, 0.25) is 5.95 Å². The van der Waals surface area contributed by atoms with E-state index in [1.807, 2.05) is 17.0 Å². The Morgan fingerprint density at radius 3 is 2.51 bits per heavy atom. The van der Waals surface area contributed by atoms with E-state index in [-0.39, 0.29) is 25.9 Å². The van der Waals surface area contributed by atoms with E-state index in [0.29, 0.717) is 46.5 Å². The SMILES string of the molecule is COc1cc2c(NCSC(C)C)nc(N3CCC(F)(F)CC3)nc2cc1OCCCN1CCCC1. The van der Waals surface area contributed by atoms with E-state index in [9.17, 15) is 8.78 Å². The number of halogens is 2. The van der Waals surface area contributed by atoms with Gasteiger partial charge in [-0.25, -0.2) is 13.8 Å². The van der Waals surface area contributed by atoms with Crippen molar-refractivity contribution < 1.29 is 18.3 Å². The average Bonchev–Trinajstić information content (AvgIpc) is 3.34. The van der Waals surface area contributed by atoms with Crippen molar-refractivity contribution in [2.24, 2.45) is 0 Å². The van der Waals surface area contributed by atoms with Crippen LogP contribution in [0.25, 0.3) is 10.9 Å². The van der Waals surface area contributed by atoms with E-state index < -0.39 is 5.92 Å². The molecular formula is C25H37F2N5O2S. The number of likely N-dealkylation sites (tertiary alicyclic amines) is 1. The normalized spacial score (nSPS) is 18.4. The molecular weight excluding hydrogens is 472 g/mol. The Hall–Kier alpha value is -2.07. The number of ether oxygens (including phenoxy) is 2. The van der Waals surface area contributed by atoms with E-state index in [4.69, 9.17) is 19.4 Å². The quantitative estimate of drug-likeness (QED) is 0.326. The highest BCUT2D eigenvalue weighted by Crippen LogP contribution is 2.37. The molecule has 7 nitrogen and oxygen atoms in total. The molecule has 0 unspecified atom stereocenters. The molecule has 35 heavy (non-hydrogen) atoms. The molecule has 2 fully saturated rings. The Balaban J connectivity index is 1.57. The summed E-state index contributed by atoms with van der Waals surface area (Å²) in [5.41, 5.74) is 0.708. The topological polar surface area (TPSA) is 62.8 Å². The van der Waals surface area contributed by atoms with Crippen LogP contribution in [0, 0.1) is 0 Å². The van der Waals surface area contributed by atoms with Gasteiger partial charge in [-0.2, -0.15) is 4.98 Å². The average molecular weight is 510 g/mol. The van der Waals surface area contributed by atoms with Crippen molar-refractivity contribution in [2.45, 2.75) is 57.1 Å². The third-order valence-electron chi connectivity index (χ3n) is 6.48. The minimum absolute atomic E-state index is 0.186. The highest BCUT2D eigenvalue weighted by atomic mass is 32.2. The molecule has 0 atom stereocenters. The molecule has 2 saturated heterocycles. The van der Waals surface area contributed by atoms with E-state index in [2.05, 4.69) is 24.1 Å².